The lowest BCUT2D eigenvalue weighted by molar-refractivity contribution is 0.186. The van der Waals surface area contributed by atoms with Crippen molar-refractivity contribution in [3.05, 3.63) is 45.9 Å². The van der Waals surface area contributed by atoms with Gasteiger partial charge >= 0.3 is 0 Å². The summed E-state index contributed by atoms with van der Waals surface area (Å²) in [6, 6.07) is 7.38. The zero-order valence-corrected chi connectivity index (χ0v) is 16.0. The number of aromatic nitrogens is 1. The molecule has 1 atom stereocenters. The normalized spacial score (nSPS) is 12.8. The molecule has 1 unspecified atom stereocenters. The molecule has 0 bridgehead atoms. The van der Waals surface area contributed by atoms with Crippen molar-refractivity contribution in [2.45, 2.75) is 26.5 Å². The first kappa shape index (κ1) is 19.2. The molecule has 0 spiro atoms. The Balaban J connectivity index is 2.01. The Morgan fingerprint density at radius 3 is 2.68 bits per heavy atom. The minimum absolute atomic E-state index is 0.287. The molecule has 1 aromatic heterocycles. The van der Waals surface area contributed by atoms with E-state index >= 15 is 0 Å². The Labute approximate surface area is 153 Å². The molecule has 0 radical (unpaired) electrons. The van der Waals surface area contributed by atoms with Gasteiger partial charge in [0, 0.05) is 19.0 Å². The SMILES string of the molecule is CCNC(=NCC(O)c1ccc(OC)cc1)N(C)Cc1csc(C)n1. The van der Waals surface area contributed by atoms with E-state index in [0.29, 0.717) is 6.54 Å². The van der Waals surface area contributed by atoms with E-state index in [2.05, 4.69) is 20.7 Å². The van der Waals surface area contributed by atoms with Crippen molar-refractivity contribution in [3.8, 4) is 5.75 Å². The van der Waals surface area contributed by atoms with Crippen LogP contribution in [0.15, 0.2) is 34.6 Å². The Hall–Kier alpha value is -2.12. The number of methoxy groups -OCH3 is 1. The van der Waals surface area contributed by atoms with Crippen LogP contribution in [-0.2, 0) is 6.54 Å². The van der Waals surface area contributed by atoms with Gasteiger partial charge in [-0.3, -0.25) is 4.99 Å². The molecule has 0 aliphatic heterocycles. The minimum Gasteiger partial charge on any atom is -0.497 e. The van der Waals surface area contributed by atoms with Crippen molar-refractivity contribution in [2.75, 3.05) is 27.2 Å². The first-order valence-electron chi connectivity index (χ1n) is 8.26. The topological polar surface area (TPSA) is 70.0 Å². The number of nitrogens with one attached hydrogen (secondary N) is 1. The van der Waals surface area contributed by atoms with Gasteiger partial charge in [-0.1, -0.05) is 12.1 Å². The number of guanidine groups is 1. The van der Waals surface area contributed by atoms with Crippen LogP contribution < -0.4 is 10.1 Å². The van der Waals surface area contributed by atoms with Crippen LogP contribution in [0.25, 0.3) is 0 Å². The summed E-state index contributed by atoms with van der Waals surface area (Å²) in [5.74, 6) is 1.52. The maximum atomic E-state index is 10.4. The smallest absolute Gasteiger partial charge is 0.194 e. The molecule has 136 valence electrons. The van der Waals surface area contributed by atoms with Gasteiger partial charge in [-0.25, -0.2) is 4.98 Å². The highest BCUT2D eigenvalue weighted by Crippen LogP contribution is 2.18. The van der Waals surface area contributed by atoms with Gasteiger partial charge < -0.3 is 20.1 Å². The Bertz CT molecular complexity index is 685. The second-order valence-electron chi connectivity index (χ2n) is 5.70. The lowest BCUT2D eigenvalue weighted by atomic mass is 10.1. The number of aryl methyl sites for hydroxylation is 1. The van der Waals surface area contributed by atoms with Crippen LogP contribution in [0.4, 0.5) is 0 Å². The van der Waals surface area contributed by atoms with Crippen LogP contribution in [0.5, 0.6) is 5.75 Å². The van der Waals surface area contributed by atoms with Crippen molar-refractivity contribution >= 4 is 17.3 Å². The molecule has 0 aliphatic rings. The molecule has 1 heterocycles. The van der Waals surface area contributed by atoms with Crippen molar-refractivity contribution in [3.63, 3.8) is 0 Å². The number of ether oxygens (including phenoxy) is 1. The number of rotatable bonds is 7. The van der Waals surface area contributed by atoms with Crippen LogP contribution in [0.2, 0.25) is 0 Å². The summed E-state index contributed by atoms with van der Waals surface area (Å²) in [5, 5.41) is 16.7. The Morgan fingerprint density at radius 2 is 2.12 bits per heavy atom. The van der Waals surface area contributed by atoms with Crippen LogP contribution >= 0.6 is 11.3 Å². The second-order valence-corrected chi connectivity index (χ2v) is 6.76. The Morgan fingerprint density at radius 1 is 1.40 bits per heavy atom. The summed E-state index contributed by atoms with van der Waals surface area (Å²) in [6.45, 7) is 5.75. The molecule has 7 heteroatoms. The van der Waals surface area contributed by atoms with Gasteiger partial charge in [0.15, 0.2) is 5.96 Å². The molecule has 0 saturated carbocycles. The number of hydrogen-bond acceptors (Lipinski definition) is 5. The van der Waals surface area contributed by atoms with Crippen LogP contribution in [0, 0.1) is 6.92 Å². The number of aliphatic imine (C=N–C) groups is 1. The molecule has 0 amide bonds. The van der Waals surface area contributed by atoms with E-state index in [1.54, 1.807) is 18.4 Å². The molecule has 0 aliphatic carbocycles. The van der Waals surface area contributed by atoms with E-state index in [1.807, 2.05) is 50.1 Å². The van der Waals surface area contributed by atoms with E-state index in [0.717, 1.165) is 34.5 Å². The first-order valence-corrected chi connectivity index (χ1v) is 9.14. The zero-order chi connectivity index (χ0) is 18.2. The number of benzene rings is 1. The van der Waals surface area contributed by atoms with E-state index in [-0.39, 0.29) is 6.54 Å². The van der Waals surface area contributed by atoms with Gasteiger partial charge in [-0.15, -0.1) is 11.3 Å². The lowest BCUT2D eigenvalue weighted by Crippen LogP contribution is -2.38. The molecular weight excluding hydrogens is 336 g/mol. The standard InChI is InChI=1S/C18H26N4O2S/c1-5-19-18(22(3)11-15-12-25-13(2)21-15)20-10-17(23)14-6-8-16(24-4)9-7-14/h6-9,12,17,23H,5,10-11H2,1-4H3,(H,19,20). The molecular formula is C18H26N4O2S. The van der Waals surface area contributed by atoms with Crippen LogP contribution in [-0.4, -0.2) is 48.2 Å². The van der Waals surface area contributed by atoms with Gasteiger partial charge in [0.25, 0.3) is 0 Å². The molecule has 6 nitrogen and oxygen atoms in total. The first-order chi connectivity index (χ1) is 12.0. The van der Waals surface area contributed by atoms with E-state index in [9.17, 15) is 5.11 Å². The average Bonchev–Trinajstić information content (AvgIpc) is 3.03. The van der Waals surface area contributed by atoms with Crippen molar-refractivity contribution in [2.24, 2.45) is 4.99 Å². The predicted molar refractivity (Wildman–Crippen MR) is 102 cm³/mol. The van der Waals surface area contributed by atoms with Gasteiger partial charge in [-0.2, -0.15) is 0 Å². The third kappa shape index (κ3) is 5.72. The van der Waals surface area contributed by atoms with Crippen LogP contribution in [0.1, 0.15) is 29.3 Å². The van der Waals surface area contributed by atoms with Gasteiger partial charge in [0.05, 0.1) is 37.0 Å². The second kappa shape index (κ2) is 9.39. The van der Waals surface area contributed by atoms with Crippen molar-refractivity contribution in [1.82, 2.24) is 15.2 Å². The summed E-state index contributed by atoms with van der Waals surface area (Å²) in [4.78, 5) is 11.1. The molecule has 2 N–H and O–H groups in total. The molecule has 0 saturated heterocycles. The monoisotopic (exact) mass is 362 g/mol. The Kier molecular flexibility index (Phi) is 7.21. The predicted octanol–water partition coefficient (Wildman–Crippen LogP) is 2.59. The van der Waals surface area contributed by atoms with Crippen molar-refractivity contribution < 1.29 is 9.84 Å². The van der Waals surface area contributed by atoms with E-state index in [1.165, 1.54) is 0 Å². The quantitative estimate of drug-likeness (QED) is 0.585. The van der Waals surface area contributed by atoms with Crippen LogP contribution in [0.3, 0.4) is 0 Å². The third-order valence-electron chi connectivity index (χ3n) is 3.68. The lowest BCUT2D eigenvalue weighted by Gasteiger charge is -2.21. The number of aliphatic hydroxyl groups is 1. The summed E-state index contributed by atoms with van der Waals surface area (Å²) in [6.07, 6.45) is -0.658. The van der Waals surface area contributed by atoms with Gasteiger partial charge in [-0.05, 0) is 31.5 Å². The summed E-state index contributed by atoms with van der Waals surface area (Å²) in [7, 11) is 3.59. The number of nitrogens with zero attached hydrogens (tertiary/aromatic N) is 3. The summed E-state index contributed by atoms with van der Waals surface area (Å²) >= 11 is 1.64. The highest BCUT2D eigenvalue weighted by atomic mass is 32.1. The fourth-order valence-corrected chi connectivity index (χ4v) is 2.98. The van der Waals surface area contributed by atoms with Crippen molar-refractivity contribution in [1.29, 1.82) is 0 Å². The fourth-order valence-electron chi connectivity index (χ4n) is 2.37. The summed E-state index contributed by atoms with van der Waals surface area (Å²) in [5.41, 5.74) is 1.84. The molecule has 2 rings (SSSR count). The average molecular weight is 362 g/mol. The third-order valence-corrected chi connectivity index (χ3v) is 4.50. The largest absolute Gasteiger partial charge is 0.497 e. The molecule has 2 aromatic rings. The minimum atomic E-state index is -0.658. The van der Waals surface area contributed by atoms with Gasteiger partial charge in [0.2, 0.25) is 0 Å². The number of thiazole rings is 1. The maximum Gasteiger partial charge on any atom is 0.194 e. The maximum absolute atomic E-state index is 10.4. The van der Waals surface area contributed by atoms with E-state index < -0.39 is 6.10 Å². The molecule has 0 fully saturated rings. The number of hydrogen-bond donors (Lipinski definition) is 2. The highest BCUT2D eigenvalue weighted by molar-refractivity contribution is 7.09. The molecule has 1 aromatic carbocycles. The van der Waals surface area contributed by atoms with E-state index in [4.69, 9.17) is 4.74 Å². The van der Waals surface area contributed by atoms with Gasteiger partial charge in [0.1, 0.15) is 5.75 Å². The fraction of sp³-hybridized carbons (Fsp3) is 0.444. The number of aliphatic hydroxyl groups excluding tert-OH is 1. The zero-order valence-electron chi connectivity index (χ0n) is 15.2. The summed E-state index contributed by atoms with van der Waals surface area (Å²) < 4.78 is 5.14. The molecule has 25 heavy (non-hydrogen) atoms. The highest BCUT2D eigenvalue weighted by Gasteiger charge is 2.11.